The lowest BCUT2D eigenvalue weighted by atomic mass is 10.2. The number of amides is 1. The van der Waals surface area contributed by atoms with Crippen molar-refractivity contribution in [1.82, 2.24) is 14.2 Å². The fraction of sp³-hybridized carbons (Fsp3) is 0.280. The third-order valence-electron chi connectivity index (χ3n) is 5.24. The van der Waals surface area contributed by atoms with Crippen molar-refractivity contribution in [3.8, 4) is 5.75 Å². The van der Waals surface area contributed by atoms with Crippen LogP contribution in [0.25, 0.3) is 10.2 Å². The molecule has 0 aliphatic carbocycles. The Morgan fingerprint density at radius 2 is 1.71 bits per heavy atom. The van der Waals surface area contributed by atoms with Crippen molar-refractivity contribution in [2.45, 2.75) is 4.90 Å². The number of carbonyl (C=O) groups is 1. The number of aromatic nitrogens is 1. The highest BCUT2D eigenvalue weighted by Crippen LogP contribution is 2.32. The van der Waals surface area contributed by atoms with Crippen molar-refractivity contribution in [1.29, 1.82) is 0 Å². The molecule has 0 unspecified atom stereocenters. The highest BCUT2D eigenvalue weighted by molar-refractivity contribution is 7.89. The lowest BCUT2D eigenvalue weighted by molar-refractivity contribution is 0.0985. The van der Waals surface area contributed by atoms with E-state index in [1.807, 2.05) is 37.2 Å². The number of anilines is 1. The molecule has 0 saturated carbocycles. The Morgan fingerprint density at radius 1 is 1.06 bits per heavy atom. The summed E-state index contributed by atoms with van der Waals surface area (Å²) in [5.41, 5.74) is 1.15. The van der Waals surface area contributed by atoms with Crippen molar-refractivity contribution >= 4 is 42.6 Å². The van der Waals surface area contributed by atoms with Crippen LogP contribution in [0.5, 0.6) is 5.75 Å². The molecule has 0 aliphatic rings. The number of hydrogen-bond acceptors (Lipinski definition) is 7. The highest BCUT2D eigenvalue weighted by atomic mass is 32.2. The second-order valence-electron chi connectivity index (χ2n) is 8.01. The van der Waals surface area contributed by atoms with Gasteiger partial charge >= 0.3 is 0 Å². The Bertz CT molecular complexity index is 1290. The van der Waals surface area contributed by atoms with Gasteiger partial charge in [0.05, 0.1) is 22.2 Å². The Balaban J connectivity index is 1.93. The maximum atomic E-state index is 13.5. The average Bonchev–Trinajstić information content (AvgIpc) is 3.26. The number of rotatable bonds is 12. The second-order valence-corrected chi connectivity index (χ2v) is 11.0. The van der Waals surface area contributed by atoms with Gasteiger partial charge in [-0.25, -0.2) is 13.4 Å². The molecular formula is C25H30N4O4S2. The monoisotopic (exact) mass is 514 g/mol. The molecule has 2 aromatic carbocycles. The molecule has 0 N–H and O–H groups in total. The van der Waals surface area contributed by atoms with Gasteiger partial charge in [0.1, 0.15) is 5.75 Å². The first-order valence-corrected chi connectivity index (χ1v) is 13.2. The van der Waals surface area contributed by atoms with Crippen molar-refractivity contribution < 1.29 is 17.9 Å². The van der Waals surface area contributed by atoms with E-state index in [9.17, 15) is 13.2 Å². The van der Waals surface area contributed by atoms with Crippen LogP contribution in [0.4, 0.5) is 5.13 Å². The minimum absolute atomic E-state index is 0.102. The third kappa shape index (κ3) is 6.15. The Kier molecular flexibility index (Phi) is 8.79. The lowest BCUT2D eigenvalue weighted by Crippen LogP contribution is -2.36. The van der Waals surface area contributed by atoms with Gasteiger partial charge in [-0.1, -0.05) is 23.5 Å². The normalized spacial score (nSPS) is 11.7. The molecule has 3 rings (SSSR count). The van der Waals surface area contributed by atoms with Gasteiger partial charge in [-0.3, -0.25) is 9.69 Å². The zero-order valence-corrected chi connectivity index (χ0v) is 21.8. The van der Waals surface area contributed by atoms with Gasteiger partial charge in [0, 0.05) is 31.7 Å². The van der Waals surface area contributed by atoms with E-state index in [4.69, 9.17) is 4.74 Å². The molecule has 0 saturated heterocycles. The number of methoxy groups -OCH3 is 1. The van der Waals surface area contributed by atoms with E-state index < -0.39 is 10.0 Å². The van der Waals surface area contributed by atoms with Crippen LogP contribution in [0, 0.1) is 0 Å². The number of fused-ring (bicyclic) bond motifs is 1. The van der Waals surface area contributed by atoms with Crippen LogP contribution < -0.4 is 9.64 Å². The Labute approximate surface area is 210 Å². The fourth-order valence-electron chi connectivity index (χ4n) is 3.35. The summed E-state index contributed by atoms with van der Waals surface area (Å²) in [6.07, 6.45) is 3.05. The van der Waals surface area contributed by atoms with E-state index in [-0.39, 0.29) is 23.9 Å². The van der Waals surface area contributed by atoms with Crippen molar-refractivity contribution in [2.75, 3.05) is 52.3 Å². The average molecular weight is 515 g/mol. The molecule has 1 heterocycles. The zero-order chi connectivity index (χ0) is 25.6. The first-order valence-electron chi connectivity index (χ1n) is 10.9. The predicted octanol–water partition coefficient (Wildman–Crippen LogP) is 3.88. The molecule has 8 nitrogen and oxygen atoms in total. The van der Waals surface area contributed by atoms with Gasteiger partial charge in [0.15, 0.2) is 5.13 Å². The molecule has 0 fully saturated rings. The lowest BCUT2D eigenvalue weighted by Gasteiger charge is -2.22. The second kappa shape index (κ2) is 11.6. The van der Waals surface area contributed by atoms with Gasteiger partial charge in [-0.2, -0.15) is 4.31 Å². The summed E-state index contributed by atoms with van der Waals surface area (Å²) in [4.78, 5) is 21.9. The third-order valence-corrected chi connectivity index (χ3v) is 8.12. The smallest absolute Gasteiger partial charge is 0.260 e. The van der Waals surface area contributed by atoms with E-state index in [0.717, 1.165) is 16.0 Å². The molecular weight excluding hydrogens is 484 g/mol. The molecule has 186 valence electrons. The molecule has 35 heavy (non-hydrogen) atoms. The molecule has 0 spiro atoms. The highest BCUT2D eigenvalue weighted by Gasteiger charge is 2.25. The first-order chi connectivity index (χ1) is 16.7. The minimum atomic E-state index is -3.75. The van der Waals surface area contributed by atoms with Gasteiger partial charge in [0.2, 0.25) is 10.0 Å². The van der Waals surface area contributed by atoms with E-state index >= 15 is 0 Å². The number of hydrogen-bond donors (Lipinski definition) is 0. The van der Waals surface area contributed by atoms with E-state index in [1.165, 1.54) is 52.1 Å². The topological polar surface area (TPSA) is 83.1 Å². The molecule has 10 heteroatoms. The molecule has 0 bridgehead atoms. The minimum Gasteiger partial charge on any atom is -0.497 e. The quantitative estimate of drug-likeness (QED) is 0.341. The van der Waals surface area contributed by atoms with Crippen LogP contribution >= 0.6 is 11.3 Å². The molecule has 0 atom stereocenters. The standard InChI is InChI=1S/C25H30N4O4S2/c1-6-14-28(15-7-2)35(31,32)21-11-8-19(9-12-21)24(30)29(17-16-27(3)4)25-26-22-13-10-20(33-5)18-23(22)34-25/h6-13,18H,1-2,14-17H2,3-5H3. The SMILES string of the molecule is C=CCN(CC=C)S(=O)(=O)c1ccc(C(=O)N(CCN(C)C)c2nc3ccc(OC)cc3s2)cc1. The zero-order valence-electron chi connectivity index (χ0n) is 20.2. The summed E-state index contributed by atoms with van der Waals surface area (Å²) in [6, 6.07) is 11.6. The van der Waals surface area contributed by atoms with Crippen molar-refractivity contribution in [3.05, 3.63) is 73.3 Å². The van der Waals surface area contributed by atoms with Crippen molar-refractivity contribution in [2.24, 2.45) is 0 Å². The molecule has 1 amide bonds. The number of nitrogens with zero attached hydrogens (tertiary/aromatic N) is 4. The first kappa shape index (κ1) is 26.6. The molecule has 3 aromatic rings. The van der Waals surface area contributed by atoms with E-state index in [2.05, 4.69) is 18.1 Å². The van der Waals surface area contributed by atoms with Gasteiger partial charge in [-0.05, 0) is 56.6 Å². The predicted molar refractivity (Wildman–Crippen MR) is 142 cm³/mol. The van der Waals surface area contributed by atoms with Gasteiger partial charge in [-0.15, -0.1) is 13.2 Å². The number of benzene rings is 2. The van der Waals surface area contributed by atoms with Crippen LogP contribution in [0.15, 0.2) is 72.7 Å². The van der Waals surface area contributed by atoms with Crippen LogP contribution in [-0.4, -0.2) is 75.9 Å². The van der Waals surface area contributed by atoms with Crippen LogP contribution in [0.2, 0.25) is 0 Å². The summed E-state index contributed by atoms with van der Waals surface area (Å²) in [6.45, 7) is 8.63. The summed E-state index contributed by atoms with van der Waals surface area (Å²) < 4.78 is 33.5. The summed E-state index contributed by atoms with van der Waals surface area (Å²) in [5.74, 6) is 0.466. The van der Waals surface area contributed by atoms with Crippen LogP contribution in [0.3, 0.4) is 0 Å². The van der Waals surface area contributed by atoms with Crippen LogP contribution in [-0.2, 0) is 10.0 Å². The maximum absolute atomic E-state index is 13.5. The Morgan fingerprint density at radius 3 is 2.29 bits per heavy atom. The van der Waals surface area contributed by atoms with Crippen LogP contribution in [0.1, 0.15) is 10.4 Å². The molecule has 0 aliphatic heterocycles. The fourth-order valence-corrected chi connectivity index (χ4v) is 5.75. The summed E-state index contributed by atoms with van der Waals surface area (Å²) >= 11 is 1.41. The number of likely N-dealkylation sites (N-methyl/N-ethyl adjacent to an activating group) is 1. The van der Waals surface area contributed by atoms with Gasteiger partial charge < -0.3 is 9.64 Å². The maximum Gasteiger partial charge on any atom is 0.260 e. The molecule has 1 aromatic heterocycles. The Hall–Kier alpha value is -3.05. The van der Waals surface area contributed by atoms with Crippen molar-refractivity contribution in [3.63, 3.8) is 0 Å². The number of carbonyl (C=O) groups excluding carboxylic acids is 1. The molecule has 0 radical (unpaired) electrons. The van der Waals surface area contributed by atoms with Gasteiger partial charge in [0.25, 0.3) is 5.91 Å². The summed E-state index contributed by atoms with van der Waals surface area (Å²) in [5, 5.41) is 0.569. The van der Waals surface area contributed by atoms with E-state index in [0.29, 0.717) is 23.8 Å². The number of sulfonamides is 1. The number of ether oxygens (including phenoxy) is 1. The largest absolute Gasteiger partial charge is 0.497 e. The van der Waals surface area contributed by atoms with E-state index in [1.54, 1.807) is 12.0 Å². The number of thiazole rings is 1. The summed E-state index contributed by atoms with van der Waals surface area (Å²) in [7, 11) is 1.73.